The van der Waals surface area contributed by atoms with Gasteiger partial charge in [-0.05, 0) is 66.7 Å². The van der Waals surface area contributed by atoms with E-state index < -0.39 is 0 Å². The maximum Gasteiger partial charge on any atom is 0.137 e. The molecule has 0 saturated carbocycles. The molecule has 20 heavy (non-hydrogen) atoms. The molecule has 1 heterocycles. The number of rotatable bonds is 2. The Bertz CT molecular complexity index is 621. The molecule has 4 rings (SSSR count). The van der Waals surface area contributed by atoms with Gasteiger partial charge in [0.05, 0.1) is 0 Å². The lowest BCUT2D eigenvalue weighted by molar-refractivity contribution is 0.322. The highest BCUT2D eigenvalue weighted by atomic mass is 35.5. The summed E-state index contributed by atoms with van der Waals surface area (Å²) in [5.41, 5.74) is 4.53. The van der Waals surface area contributed by atoms with Gasteiger partial charge in [-0.2, -0.15) is 5.10 Å². The van der Waals surface area contributed by atoms with Crippen LogP contribution in [0.1, 0.15) is 41.9 Å². The Morgan fingerprint density at radius 1 is 1.35 bits per heavy atom. The van der Waals surface area contributed by atoms with Gasteiger partial charge < -0.3 is 0 Å². The maximum atomic E-state index is 6.47. The van der Waals surface area contributed by atoms with E-state index in [0.29, 0.717) is 11.8 Å². The molecule has 0 N–H and O–H groups in total. The average molecular weight is 288 g/mol. The predicted octanol–water partition coefficient (Wildman–Crippen LogP) is 3.61. The summed E-state index contributed by atoms with van der Waals surface area (Å²) in [4.78, 5) is 4.04. The Kier molecular flexibility index (Phi) is 3.03. The van der Waals surface area contributed by atoms with Crippen LogP contribution in [0.25, 0.3) is 0 Å². The molecule has 0 unspecified atom stereocenters. The van der Waals surface area contributed by atoms with Crippen molar-refractivity contribution in [1.29, 1.82) is 0 Å². The van der Waals surface area contributed by atoms with Crippen LogP contribution >= 0.6 is 11.6 Å². The van der Waals surface area contributed by atoms with E-state index in [1.807, 2.05) is 11.0 Å². The highest BCUT2D eigenvalue weighted by Crippen LogP contribution is 2.45. The molecule has 3 nitrogen and oxygen atoms in total. The highest BCUT2D eigenvalue weighted by molar-refractivity contribution is 6.31. The molecule has 0 amide bonds. The van der Waals surface area contributed by atoms with Gasteiger partial charge in [0.2, 0.25) is 0 Å². The first-order valence-corrected chi connectivity index (χ1v) is 7.81. The van der Waals surface area contributed by atoms with Gasteiger partial charge in [-0.1, -0.05) is 17.7 Å². The molecule has 0 radical (unpaired) electrons. The molecule has 2 aromatic rings. The molecule has 2 atom stereocenters. The van der Waals surface area contributed by atoms with Gasteiger partial charge in [0, 0.05) is 11.6 Å². The van der Waals surface area contributed by atoms with Crippen molar-refractivity contribution >= 4 is 11.6 Å². The summed E-state index contributed by atoms with van der Waals surface area (Å²) in [5.74, 6) is 1.33. The van der Waals surface area contributed by atoms with E-state index in [1.54, 1.807) is 17.5 Å². The van der Waals surface area contributed by atoms with Gasteiger partial charge in [-0.15, -0.1) is 0 Å². The van der Waals surface area contributed by atoms with Crippen molar-refractivity contribution in [2.45, 2.75) is 44.6 Å². The van der Waals surface area contributed by atoms with Gasteiger partial charge in [-0.3, -0.25) is 4.68 Å². The Labute approximate surface area is 124 Å². The Morgan fingerprint density at radius 3 is 3.15 bits per heavy atom. The van der Waals surface area contributed by atoms with E-state index in [2.05, 4.69) is 22.2 Å². The van der Waals surface area contributed by atoms with Crippen molar-refractivity contribution in [2.75, 3.05) is 0 Å². The number of aryl methyl sites for hydroxylation is 1. The average Bonchev–Trinajstić information content (AvgIpc) is 2.96. The quantitative estimate of drug-likeness (QED) is 0.845. The first-order chi connectivity index (χ1) is 9.81. The molecule has 0 aliphatic heterocycles. The minimum absolute atomic E-state index is 0.625. The maximum absolute atomic E-state index is 6.47. The zero-order chi connectivity index (χ0) is 13.5. The second kappa shape index (κ2) is 4.88. The van der Waals surface area contributed by atoms with Crippen LogP contribution in [0.4, 0.5) is 0 Å². The predicted molar refractivity (Wildman–Crippen MR) is 79.0 cm³/mol. The van der Waals surface area contributed by atoms with Crippen molar-refractivity contribution in [3.63, 3.8) is 0 Å². The van der Waals surface area contributed by atoms with Crippen LogP contribution in [0.3, 0.4) is 0 Å². The first-order valence-electron chi connectivity index (χ1n) is 7.44. The van der Waals surface area contributed by atoms with E-state index in [-0.39, 0.29) is 0 Å². The van der Waals surface area contributed by atoms with Gasteiger partial charge in [0.15, 0.2) is 0 Å². The molecular weight excluding hydrogens is 270 g/mol. The number of halogens is 1. The van der Waals surface area contributed by atoms with Crippen molar-refractivity contribution in [3.8, 4) is 0 Å². The lowest BCUT2D eigenvalue weighted by atomic mass is 9.70. The van der Waals surface area contributed by atoms with E-state index in [0.717, 1.165) is 18.0 Å². The third-order valence-electron chi connectivity index (χ3n) is 4.82. The summed E-state index contributed by atoms with van der Waals surface area (Å²) < 4.78 is 1.95. The molecule has 0 saturated heterocycles. The van der Waals surface area contributed by atoms with Crippen molar-refractivity contribution in [2.24, 2.45) is 5.92 Å². The van der Waals surface area contributed by atoms with Gasteiger partial charge in [0.25, 0.3) is 0 Å². The molecule has 4 heteroatoms. The summed E-state index contributed by atoms with van der Waals surface area (Å²) in [7, 11) is 0. The molecule has 0 spiro atoms. The Hall–Kier alpha value is -1.35. The van der Waals surface area contributed by atoms with Crippen LogP contribution < -0.4 is 0 Å². The van der Waals surface area contributed by atoms with Gasteiger partial charge in [0.1, 0.15) is 12.7 Å². The number of aromatic nitrogens is 3. The molecule has 2 aliphatic rings. The van der Waals surface area contributed by atoms with Crippen LogP contribution in [-0.2, 0) is 19.4 Å². The second-order valence-corrected chi connectivity index (χ2v) is 6.52. The molecule has 0 fully saturated rings. The summed E-state index contributed by atoms with van der Waals surface area (Å²) in [5, 5.41) is 5.20. The van der Waals surface area contributed by atoms with Crippen LogP contribution in [0.5, 0.6) is 0 Å². The molecule has 104 valence electrons. The van der Waals surface area contributed by atoms with Crippen LogP contribution in [-0.4, -0.2) is 14.8 Å². The van der Waals surface area contributed by atoms with Crippen molar-refractivity contribution < 1.29 is 0 Å². The zero-order valence-corrected chi connectivity index (χ0v) is 12.2. The standard InChI is InChI=1S/C16H18ClN3/c17-15-5-4-12-2-1-3-13-6-11(7-14(15)16(12)13)8-20-10-18-9-19-20/h4-5,9-11,13H,1-3,6-8H2/t11-,13-/m0/s1. The normalized spacial score (nSPS) is 24.4. The smallest absolute Gasteiger partial charge is 0.137 e. The third kappa shape index (κ3) is 2.05. The van der Waals surface area contributed by atoms with Crippen molar-refractivity contribution in [1.82, 2.24) is 14.8 Å². The lowest BCUT2D eigenvalue weighted by Gasteiger charge is -2.36. The van der Waals surface area contributed by atoms with Gasteiger partial charge in [-0.25, -0.2) is 4.98 Å². The van der Waals surface area contributed by atoms with Crippen LogP contribution in [0.15, 0.2) is 24.8 Å². The number of hydrogen-bond donors (Lipinski definition) is 0. The lowest BCUT2D eigenvalue weighted by Crippen LogP contribution is -2.26. The zero-order valence-electron chi connectivity index (χ0n) is 11.4. The Balaban J connectivity index is 1.68. The molecule has 0 bridgehead atoms. The van der Waals surface area contributed by atoms with E-state index in [4.69, 9.17) is 11.6 Å². The second-order valence-electron chi connectivity index (χ2n) is 6.11. The SMILES string of the molecule is Clc1ccc2c3c1C[C@@H](Cn1cncn1)C[C@@H]3CCC2. The monoisotopic (exact) mass is 287 g/mol. The number of hydrogen-bond acceptors (Lipinski definition) is 2. The van der Waals surface area contributed by atoms with Crippen molar-refractivity contribution in [3.05, 3.63) is 46.5 Å². The molecule has 1 aromatic heterocycles. The van der Waals surface area contributed by atoms with E-state index in [9.17, 15) is 0 Å². The third-order valence-corrected chi connectivity index (χ3v) is 5.17. The van der Waals surface area contributed by atoms with E-state index in [1.165, 1.54) is 31.2 Å². The fraction of sp³-hybridized carbons (Fsp3) is 0.500. The fourth-order valence-corrected chi connectivity index (χ4v) is 4.29. The Morgan fingerprint density at radius 2 is 2.30 bits per heavy atom. The van der Waals surface area contributed by atoms with Crippen LogP contribution in [0.2, 0.25) is 5.02 Å². The number of nitrogens with zero attached hydrogens (tertiary/aromatic N) is 3. The molecule has 1 aromatic carbocycles. The molecular formula is C16H18ClN3. The summed E-state index contributed by atoms with van der Waals surface area (Å²) in [6.07, 6.45) is 9.63. The van der Waals surface area contributed by atoms with Gasteiger partial charge >= 0.3 is 0 Å². The topological polar surface area (TPSA) is 30.7 Å². The molecule has 2 aliphatic carbocycles. The minimum Gasteiger partial charge on any atom is -0.253 e. The summed E-state index contributed by atoms with van der Waals surface area (Å²) >= 11 is 6.47. The summed E-state index contributed by atoms with van der Waals surface area (Å²) in [6.45, 7) is 0.955. The summed E-state index contributed by atoms with van der Waals surface area (Å²) in [6, 6.07) is 4.33. The largest absolute Gasteiger partial charge is 0.253 e. The van der Waals surface area contributed by atoms with Crippen LogP contribution in [0, 0.1) is 5.92 Å². The first kappa shape index (κ1) is 12.4. The van der Waals surface area contributed by atoms with E-state index >= 15 is 0 Å². The highest BCUT2D eigenvalue weighted by Gasteiger charge is 2.32. The minimum atomic E-state index is 0.625. The fourth-order valence-electron chi connectivity index (χ4n) is 4.04. The number of benzene rings is 1.